The van der Waals surface area contributed by atoms with Crippen LogP contribution >= 0.6 is 12.4 Å². The Morgan fingerprint density at radius 3 is 2.68 bits per heavy atom. The minimum atomic E-state index is 0. The van der Waals surface area contributed by atoms with Gasteiger partial charge in [-0.25, -0.2) is 0 Å². The van der Waals surface area contributed by atoms with Crippen molar-refractivity contribution in [2.24, 2.45) is 5.92 Å². The van der Waals surface area contributed by atoms with Crippen LogP contribution < -0.4 is 11.1 Å². The Morgan fingerprint density at radius 2 is 2.00 bits per heavy atom. The second-order valence-corrected chi connectivity index (χ2v) is 5.42. The van der Waals surface area contributed by atoms with Gasteiger partial charge in [-0.05, 0) is 43.4 Å². The molecule has 19 heavy (non-hydrogen) atoms. The van der Waals surface area contributed by atoms with Gasteiger partial charge in [0.2, 0.25) is 0 Å². The highest BCUT2D eigenvalue weighted by atomic mass is 35.5. The molecule has 0 saturated heterocycles. The third-order valence-corrected chi connectivity index (χ3v) is 3.93. The molecular weight excluding hydrogens is 260 g/mol. The van der Waals surface area contributed by atoms with E-state index in [2.05, 4.69) is 12.2 Å². The summed E-state index contributed by atoms with van der Waals surface area (Å²) in [6.07, 6.45) is 4.80. The third kappa shape index (κ3) is 3.87. The molecule has 1 aliphatic carbocycles. The van der Waals surface area contributed by atoms with Gasteiger partial charge in [-0.1, -0.05) is 25.8 Å². The normalized spacial score (nSPS) is 22.4. The van der Waals surface area contributed by atoms with Gasteiger partial charge >= 0.3 is 0 Å². The second-order valence-electron chi connectivity index (χ2n) is 5.42. The minimum absolute atomic E-state index is 0. The molecule has 1 amide bonds. The average molecular weight is 283 g/mol. The molecule has 0 aliphatic heterocycles. The van der Waals surface area contributed by atoms with E-state index in [4.69, 9.17) is 5.73 Å². The highest BCUT2D eigenvalue weighted by Crippen LogP contribution is 2.24. The van der Waals surface area contributed by atoms with Crippen molar-refractivity contribution >= 4 is 24.0 Å². The maximum absolute atomic E-state index is 12.3. The number of rotatable bonds is 2. The lowest BCUT2D eigenvalue weighted by molar-refractivity contribution is 0.0909. The number of carbonyl (C=O) groups is 1. The summed E-state index contributed by atoms with van der Waals surface area (Å²) in [4.78, 5) is 12.3. The molecule has 4 heteroatoms. The predicted octanol–water partition coefficient (Wildman–Crippen LogP) is 3.31. The smallest absolute Gasteiger partial charge is 0.251 e. The monoisotopic (exact) mass is 282 g/mol. The van der Waals surface area contributed by atoms with E-state index in [0.29, 0.717) is 23.2 Å². The third-order valence-electron chi connectivity index (χ3n) is 3.93. The molecule has 2 rings (SSSR count). The first-order valence-corrected chi connectivity index (χ1v) is 6.75. The van der Waals surface area contributed by atoms with Crippen molar-refractivity contribution in [3.8, 4) is 0 Å². The van der Waals surface area contributed by atoms with Gasteiger partial charge < -0.3 is 11.1 Å². The van der Waals surface area contributed by atoms with Crippen molar-refractivity contribution in [3.05, 3.63) is 29.3 Å². The predicted molar refractivity (Wildman–Crippen MR) is 81.7 cm³/mol. The number of nitrogen functional groups attached to an aromatic ring is 1. The number of nitrogens with one attached hydrogen (secondary N) is 1. The zero-order valence-electron chi connectivity index (χ0n) is 11.6. The summed E-state index contributed by atoms with van der Waals surface area (Å²) in [6, 6.07) is 5.80. The molecule has 3 N–H and O–H groups in total. The molecule has 1 aromatic carbocycles. The van der Waals surface area contributed by atoms with Gasteiger partial charge in [0.05, 0.1) is 0 Å². The summed E-state index contributed by atoms with van der Waals surface area (Å²) < 4.78 is 0. The van der Waals surface area contributed by atoms with E-state index in [1.165, 1.54) is 19.3 Å². The number of amides is 1. The van der Waals surface area contributed by atoms with Crippen molar-refractivity contribution in [1.29, 1.82) is 0 Å². The van der Waals surface area contributed by atoms with Crippen LogP contribution in [0.25, 0.3) is 0 Å². The van der Waals surface area contributed by atoms with Crippen molar-refractivity contribution in [2.45, 2.75) is 45.6 Å². The number of hydrogen-bond donors (Lipinski definition) is 2. The van der Waals surface area contributed by atoms with E-state index in [1.54, 1.807) is 6.07 Å². The summed E-state index contributed by atoms with van der Waals surface area (Å²) in [6.45, 7) is 4.16. The summed E-state index contributed by atoms with van der Waals surface area (Å²) in [5.74, 6) is 0.586. The fourth-order valence-corrected chi connectivity index (χ4v) is 2.66. The number of aryl methyl sites for hydroxylation is 1. The lowest BCUT2D eigenvalue weighted by atomic mass is 9.86. The van der Waals surface area contributed by atoms with Crippen molar-refractivity contribution in [1.82, 2.24) is 5.32 Å². The molecule has 0 bridgehead atoms. The lowest BCUT2D eigenvalue weighted by Gasteiger charge is -2.29. The fourth-order valence-electron chi connectivity index (χ4n) is 2.66. The van der Waals surface area contributed by atoms with Crippen LogP contribution in [-0.2, 0) is 0 Å². The number of benzene rings is 1. The zero-order chi connectivity index (χ0) is 13.1. The van der Waals surface area contributed by atoms with Gasteiger partial charge in [0.1, 0.15) is 0 Å². The van der Waals surface area contributed by atoms with Crippen LogP contribution in [0.5, 0.6) is 0 Å². The first-order valence-electron chi connectivity index (χ1n) is 6.75. The standard InChI is InChI=1S/C15H22N2O.ClH/c1-10-7-8-12(16)9-13(10)15(18)17-14-6-4-3-5-11(14)2;/h7-9,11,14H,3-6,16H2,1-2H3,(H,17,18);1H. The van der Waals surface area contributed by atoms with Crippen LogP contribution in [0.15, 0.2) is 18.2 Å². The van der Waals surface area contributed by atoms with E-state index in [9.17, 15) is 4.79 Å². The molecule has 0 radical (unpaired) electrons. The summed E-state index contributed by atoms with van der Waals surface area (Å²) in [5, 5.41) is 3.16. The second kappa shape index (κ2) is 6.80. The quantitative estimate of drug-likeness (QED) is 0.818. The Hall–Kier alpha value is -1.22. The molecule has 1 aromatic rings. The molecule has 0 aromatic heterocycles. The van der Waals surface area contributed by atoms with Crippen molar-refractivity contribution in [3.63, 3.8) is 0 Å². The van der Waals surface area contributed by atoms with Gasteiger partial charge in [-0.2, -0.15) is 0 Å². The molecule has 2 atom stereocenters. The van der Waals surface area contributed by atoms with Gasteiger partial charge in [0, 0.05) is 17.3 Å². The number of hydrogen-bond acceptors (Lipinski definition) is 2. The Balaban J connectivity index is 0.00000180. The minimum Gasteiger partial charge on any atom is -0.399 e. The average Bonchev–Trinajstić information content (AvgIpc) is 2.35. The van der Waals surface area contributed by atoms with E-state index in [1.807, 2.05) is 19.1 Å². The number of nitrogens with two attached hydrogens (primary N) is 1. The van der Waals surface area contributed by atoms with Crippen LogP contribution in [0.4, 0.5) is 5.69 Å². The Morgan fingerprint density at radius 1 is 1.32 bits per heavy atom. The number of anilines is 1. The zero-order valence-corrected chi connectivity index (χ0v) is 12.4. The van der Waals surface area contributed by atoms with Crippen LogP contribution in [0, 0.1) is 12.8 Å². The molecule has 1 saturated carbocycles. The van der Waals surface area contributed by atoms with Crippen LogP contribution in [0.1, 0.15) is 48.5 Å². The van der Waals surface area contributed by atoms with Gasteiger partial charge in [-0.15, -0.1) is 12.4 Å². The molecule has 3 nitrogen and oxygen atoms in total. The maximum atomic E-state index is 12.3. The topological polar surface area (TPSA) is 55.1 Å². The van der Waals surface area contributed by atoms with Crippen LogP contribution in [0.3, 0.4) is 0 Å². The summed E-state index contributed by atoms with van der Waals surface area (Å²) in [5.41, 5.74) is 8.07. The summed E-state index contributed by atoms with van der Waals surface area (Å²) in [7, 11) is 0. The Kier molecular flexibility index (Phi) is 5.67. The molecule has 1 aliphatic rings. The van der Waals surface area contributed by atoms with E-state index < -0.39 is 0 Å². The number of carbonyl (C=O) groups excluding carboxylic acids is 1. The summed E-state index contributed by atoms with van der Waals surface area (Å²) >= 11 is 0. The molecule has 0 spiro atoms. The molecular formula is C15H23ClN2O. The highest BCUT2D eigenvalue weighted by Gasteiger charge is 2.23. The Bertz CT molecular complexity index is 448. The van der Waals surface area contributed by atoms with Crippen molar-refractivity contribution < 1.29 is 4.79 Å². The molecule has 106 valence electrons. The van der Waals surface area contributed by atoms with Gasteiger partial charge in [-0.3, -0.25) is 4.79 Å². The van der Waals surface area contributed by atoms with Crippen LogP contribution in [-0.4, -0.2) is 11.9 Å². The van der Waals surface area contributed by atoms with Crippen LogP contribution in [0.2, 0.25) is 0 Å². The molecule has 2 unspecified atom stereocenters. The molecule has 0 heterocycles. The Labute approximate surface area is 121 Å². The largest absolute Gasteiger partial charge is 0.399 e. The van der Waals surface area contributed by atoms with Gasteiger partial charge in [0.15, 0.2) is 0 Å². The van der Waals surface area contributed by atoms with E-state index >= 15 is 0 Å². The number of halogens is 1. The fraction of sp³-hybridized carbons (Fsp3) is 0.533. The van der Waals surface area contributed by atoms with Crippen molar-refractivity contribution in [2.75, 3.05) is 5.73 Å². The first kappa shape index (κ1) is 15.8. The van der Waals surface area contributed by atoms with E-state index in [0.717, 1.165) is 12.0 Å². The first-order chi connectivity index (χ1) is 8.58. The molecule has 1 fully saturated rings. The maximum Gasteiger partial charge on any atom is 0.251 e. The highest BCUT2D eigenvalue weighted by molar-refractivity contribution is 5.96. The van der Waals surface area contributed by atoms with Gasteiger partial charge in [0.25, 0.3) is 5.91 Å². The SMILES string of the molecule is Cc1ccc(N)cc1C(=O)NC1CCCCC1C.Cl. The van der Waals surface area contributed by atoms with E-state index in [-0.39, 0.29) is 18.3 Å². The lowest BCUT2D eigenvalue weighted by Crippen LogP contribution is -2.41.